The van der Waals surface area contributed by atoms with Gasteiger partial charge in [0.1, 0.15) is 0 Å². The molecule has 0 aromatic carbocycles. The average molecular weight is 329 g/mol. The maximum Gasteiger partial charge on any atom is 0.407 e. The monoisotopic (exact) mass is 328 g/mol. The minimum absolute atomic E-state index is 0.0290. The molecule has 0 aromatic rings. The lowest BCUT2D eigenvalue weighted by Gasteiger charge is -2.29. The van der Waals surface area contributed by atoms with E-state index in [0.29, 0.717) is 6.61 Å². The second-order valence-corrected chi connectivity index (χ2v) is 13.6. The zero-order valence-corrected chi connectivity index (χ0v) is 16.0. The Morgan fingerprint density at radius 1 is 1.27 bits per heavy atom. The number of hydrogen-bond donors (Lipinski definition) is 2. The van der Waals surface area contributed by atoms with Crippen LogP contribution in [0.1, 0.15) is 51.9 Å². The molecule has 0 bridgehead atoms. The third kappa shape index (κ3) is 8.18. The predicted molar refractivity (Wildman–Crippen MR) is 95.9 cm³/mol. The van der Waals surface area contributed by atoms with Crippen LogP contribution in [0.25, 0.3) is 0 Å². The first-order valence-electron chi connectivity index (χ1n) is 9.00. The Hall–Kier alpha value is -0.553. The van der Waals surface area contributed by atoms with Crippen molar-refractivity contribution in [2.24, 2.45) is 11.7 Å². The molecule has 0 saturated heterocycles. The molecule has 1 saturated carbocycles. The maximum absolute atomic E-state index is 11.9. The van der Waals surface area contributed by atoms with Crippen molar-refractivity contribution in [3.05, 3.63) is 0 Å². The van der Waals surface area contributed by atoms with Crippen molar-refractivity contribution >= 4 is 14.2 Å². The van der Waals surface area contributed by atoms with Crippen molar-refractivity contribution in [1.29, 1.82) is 0 Å². The van der Waals surface area contributed by atoms with E-state index in [9.17, 15) is 4.79 Å². The smallest absolute Gasteiger partial charge is 0.407 e. The summed E-state index contributed by atoms with van der Waals surface area (Å²) in [4.78, 5) is 11.9. The molecule has 1 aliphatic carbocycles. The Balaban J connectivity index is 2.31. The first-order valence-corrected chi connectivity index (χ1v) is 12.7. The molecule has 0 radical (unpaired) electrons. The van der Waals surface area contributed by atoms with Crippen molar-refractivity contribution in [3.63, 3.8) is 0 Å². The van der Waals surface area contributed by atoms with Gasteiger partial charge in [-0.25, -0.2) is 4.79 Å². The van der Waals surface area contributed by atoms with E-state index in [1.54, 1.807) is 0 Å². The summed E-state index contributed by atoms with van der Waals surface area (Å²) >= 11 is 0. The van der Waals surface area contributed by atoms with Gasteiger partial charge < -0.3 is 15.8 Å². The van der Waals surface area contributed by atoms with Crippen LogP contribution in [0.2, 0.25) is 25.7 Å². The van der Waals surface area contributed by atoms with Crippen molar-refractivity contribution in [2.75, 3.05) is 6.61 Å². The van der Waals surface area contributed by atoms with Crippen LogP contribution >= 0.6 is 0 Å². The number of carbonyl (C=O) groups is 1. The van der Waals surface area contributed by atoms with Gasteiger partial charge in [0.25, 0.3) is 0 Å². The Labute approximate surface area is 137 Å². The number of nitrogens with one attached hydrogen (secondary N) is 1. The highest BCUT2D eigenvalue weighted by Crippen LogP contribution is 2.27. The number of carbonyl (C=O) groups excluding carboxylic acids is 1. The van der Waals surface area contributed by atoms with Gasteiger partial charge in [0.2, 0.25) is 0 Å². The Morgan fingerprint density at radius 2 is 1.91 bits per heavy atom. The van der Waals surface area contributed by atoms with E-state index < -0.39 is 8.07 Å². The molecule has 1 fully saturated rings. The fourth-order valence-electron chi connectivity index (χ4n) is 3.13. The molecule has 1 amide bonds. The topological polar surface area (TPSA) is 64.3 Å². The van der Waals surface area contributed by atoms with Crippen molar-refractivity contribution in [3.8, 4) is 0 Å². The van der Waals surface area contributed by atoms with Crippen LogP contribution in [0.5, 0.6) is 0 Å². The van der Waals surface area contributed by atoms with Crippen LogP contribution in [0.3, 0.4) is 0 Å². The number of nitrogens with two attached hydrogens (primary N) is 1. The number of alkyl carbamates (subject to hydrolysis) is 1. The van der Waals surface area contributed by atoms with Crippen LogP contribution in [0.15, 0.2) is 0 Å². The van der Waals surface area contributed by atoms with Gasteiger partial charge in [0.05, 0.1) is 6.61 Å². The zero-order valence-electron chi connectivity index (χ0n) is 15.0. The van der Waals surface area contributed by atoms with E-state index in [0.717, 1.165) is 24.8 Å². The van der Waals surface area contributed by atoms with Gasteiger partial charge in [0.15, 0.2) is 0 Å². The summed E-state index contributed by atoms with van der Waals surface area (Å²) in [5.74, 6) is 0.738. The normalized spacial score (nSPS) is 19.5. The fraction of sp³-hybridized carbons (Fsp3) is 0.941. The Kier molecular flexibility index (Phi) is 8.47. The first kappa shape index (κ1) is 19.5. The number of rotatable bonds is 8. The predicted octanol–water partition coefficient (Wildman–Crippen LogP) is 4.13. The molecule has 130 valence electrons. The van der Waals surface area contributed by atoms with Gasteiger partial charge in [-0.15, -0.1) is 0 Å². The lowest BCUT2D eigenvalue weighted by atomic mass is 9.83. The van der Waals surface area contributed by atoms with Gasteiger partial charge in [-0.3, -0.25) is 0 Å². The van der Waals surface area contributed by atoms with Crippen molar-refractivity contribution < 1.29 is 9.53 Å². The summed E-state index contributed by atoms with van der Waals surface area (Å²) < 4.78 is 5.32. The summed E-state index contributed by atoms with van der Waals surface area (Å²) in [7, 11) is -1.15. The van der Waals surface area contributed by atoms with Crippen molar-refractivity contribution in [1.82, 2.24) is 5.32 Å². The number of ether oxygens (including phenoxy) is 1. The quantitative estimate of drug-likeness (QED) is 0.659. The summed E-state index contributed by atoms with van der Waals surface area (Å²) in [5.41, 5.74) is 6.34. The molecular formula is C17H36N2O2Si. The van der Waals surface area contributed by atoms with Gasteiger partial charge in [-0.05, 0) is 24.8 Å². The molecule has 22 heavy (non-hydrogen) atoms. The van der Waals surface area contributed by atoms with E-state index in [4.69, 9.17) is 10.5 Å². The molecule has 0 unspecified atom stereocenters. The van der Waals surface area contributed by atoms with Crippen LogP contribution in [0.4, 0.5) is 4.79 Å². The highest BCUT2D eigenvalue weighted by Gasteiger charge is 2.24. The van der Waals surface area contributed by atoms with Crippen LogP contribution < -0.4 is 11.1 Å². The summed E-state index contributed by atoms with van der Waals surface area (Å²) in [6.45, 7) is 9.44. The fourth-order valence-corrected chi connectivity index (χ4v) is 3.84. The SMILES string of the molecule is CC[C@@H](NC(=O)OCC[Si](C)(C)C)[C@@H](N)CC1CCCCC1. The van der Waals surface area contributed by atoms with E-state index in [2.05, 4.69) is 31.9 Å². The molecule has 1 aliphatic rings. The zero-order chi connectivity index (χ0) is 16.6. The van der Waals surface area contributed by atoms with E-state index in [1.165, 1.54) is 32.1 Å². The second kappa shape index (κ2) is 9.56. The molecule has 0 heterocycles. The maximum atomic E-state index is 11.9. The highest BCUT2D eigenvalue weighted by atomic mass is 28.3. The molecule has 0 aromatic heterocycles. The average Bonchev–Trinajstić information content (AvgIpc) is 2.44. The standard InChI is InChI=1S/C17H36N2O2Si/c1-5-16(15(18)13-14-9-7-6-8-10-14)19-17(20)21-11-12-22(2,3)4/h14-16H,5-13,18H2,1-4H3,(H,19,20)/t15-,16+/m0/s1. The number of hydrogen-bond acceptors (Lipinski definition) is 3. The van der Waals surface area contributed by atoms with Crippen LogP contribution in [0, 0.1) is 5.92 Å². The molecule has 3 N–H and O–H groups in total. The molecule has 0 aliphatic heterocycles. The molecular weight excluding hydrogens is 292 g/mol. The van der Waals surface area contributed by atoms with Crippen molar-refractivity contribution in [2.45, 2.75) is 89.6 Å². The largest absolute Gasteiger partial charge is 0.450 e. The minimum atomic E-state index is -1.15. The molecule has 0 spiro atoms. The van der Waals surface area contributed by atoms with E-state index in [1.807, 2.05) is 0 Å². The lowest BCUT2D eigenvalue weighted by Crippen LogP contribution is -2.48. The minimum Gasteiger partial charge on any atom is -0.450 e. The first-order chi connectivity index (χ1) is 10.3. The third-order valence-corrected chi connectivity index (χ3v) is 6.38. The highest BCUT2D eigenvalue weighted by molar-refractivity contribution is 6.76. The molecule has 4 nitrogen and oxygen atoms in total. The number of amides is 1. The van der Waals surface area contributed by atoms with E-state index >= 15 is 0 Å². The third-order valence-electron chi connectivity index (χ3n) is 4.68. The molecule has 1 rings (SSSR count). The Morgan fingerprint density at radius 3 is 2.45 bits per heavy atom. The molecule has 2 atom stereocenters. The summed E-state index contributed by atoms with van der Waals surface area (Å²) in [6.07, 6.45) is 8.20. The Bertz CT molecular complexity index is 325. The molecule has 5 heteroatoms. The van der Waals surface area contributed by atoms with Gasteiger partial charge >= 0.3 is 6.09 Å². The van der Waals surface area contributed by atoms with Crippen LogP contribution in [-0.4, -0.2) is 32.9 Å². The lowest BCUT2D eigenvalue weighted by molar-refractivity contribution is 0.144. The second-order valence-electron chi connectivity index (χ2n) is 8.01. The summed E-state index contributed by atoms with van der Waals surface area (Å²) in [5, 5.41) is 2.97. The summed E-state index contributed by atoms with van der Waals surface area (Å²) in [6, 6.07) is 1.07. The van der Waals surface area contributed by atoms with E-state index in [-0.39, 0.29) is 18.2 Å². The van der Waals surface area contributed by atoms with Gasteiger partial charge in [-0.2, -0.15) is 0 Å². The van der Waals surface area contributed by atoms with Gasteiger partial charge in [0, 0.05) is 20.2 Å². The van der Waals surface area contributed by atoms with Crippen LogP contribution in [-0.2, 0) is 4.74 Å². The van der Waals surface area contributed by atoms with Gasteiger partial charge in [-0.1, -0.05) is 58.7 Å².